The van der Waals surface area contributed by atoms with Crippen LogP contribution in [0.5, 0.6) is 0 Å². The molecule has 2 heteroatoms. The zero-order valence-corrected chi connectivity index (χ0v) is 33.6. The maximum atomic E-state index is 2.42. The van der Waals surface area contributed by atoms with Crippen LogP contribution in [0.25, 0.3) is 49.4 Å². The van der Waals surface area contributed by atoms with Crippen molar-refractivity contribution in [3.8, 4) is 16.8 Å². The third-order valence-corrected chi connectivity index (χ3v) is 12.3. The lowest BCUT2D eigenvalue weighted by molar-refractivity contribution is 0.745. The Balaban J connectivity index is 1.08. The van der Waals surface area contributed by atoms with Gasteiger partial charge in [-0.25, -0.2) is 0 Å². The van der Waals surface area contributed by atoms with Gasteiger partial charge >= 0.3 is 0 Å². The molecule has 0 spiro atoms. The number of benzene rings is 10. The molecule has 10 aromatic carbocycles. The Bertz CT molecular complexity index is 3180. The molecule has 0 aliphatic heterocycles. The second-order valence-electron chi connectivity index (χ2n) is 15.7. The van der Waals surface area contributed by atoms with E-state index in [1.54, 1.807) is 0 Å². The monoisotopic (exact) mass is 778 g/mol. The number of anilines is 3. The van der Waals surface area contributed by atoms with Crippen molar-refractivity contribution in [1.82, 2.24) is 4.57 Å². The fourth-order valence-corrected chi connectivity index (χ4v) is 9.59. The van der Waals surface area contributed by atoms with Crippen LogP contribution in [0.4, 0.5) is 17.1 Å². The topological polar surface area (TPSA) is 8.17 Å². The van der Waals surface area contributed by atoms with Gasteiger partial charge in [0.25, 0.3) is 0 Å². The summed E-state index contributed by atoms with van der Waals surface area (Å²) in [6.45, 7) is 0. The molecule has 0 radical (unpaired) electrons. The summed E-state index contributed by atoms with van der Waals surface area (Å²) in [4.78, 5) is 2.42. The number of hydrogen-bond donors (Lipinski definition) is 0. The summed E-state index contributed by atoms with van der Waals surface area (Å²) < 4.78 is 2.37. The molecular formula is C59H42N2. The molecule has 11 aromatic rings. The first-order valence-corrected chi connectivity index (χ1v) is 21.0. The molecule has 0 bridgehead atoms. The Kier molecular flexibility index (Phi) is 9.09. The van der Waals surface area contributed by atoms with Crippen LogP contribution in [0.15, 0.2) is 255 Å². The van der Waals surface area contributed by atoms with Crippen molar-refractivity contribution in [2.75, 3.05) is 4.90 Å². The zero-order valence-electron chi connectivity index (χ0n) is 33.6. The van der Waals surface area contributed by atoms with Gasteiger partial charge in [0.05, 0.1) is 22.1 Å². The van der Waals surface area contributed by atoms with Crippen LogP contribution in [0.1, 0.15) is 22.3 Å². The van der Waals surface area contributed by atoms with E-state index in [1.165, 1.54) is 60.4 Å². The number of para-hydroxylation sites is 2. The SMILES string of the molecule is c1ccc(-n2c3ccccc3c3cc(-c4cccc(N(c5ccc(C(c6ccccc6)(c6ccccc6)c6ccccc6)cc5)c5cccc6ccccc56)c4)ccc32)cc1. The van der Waals surface area contributed by atoms with Gasteiger partial charge in [-0.3, -0.25) is 0 Å². The van der Waals surface area contributed by atoms with Crippen LogP contribution in [0.2, 0.25) is 0 Å². The minimum absolute atomic E-state index is 0.533. The molecule has 61 heavy (non-hydrogen) atoms. The number of aromatic nitrogens is 1. The fourth-order valence-electron chi connectivity index (χ4n) is 9.59. The Morgan fingerprint density at radius 3 is 1.49 bits per heavy atom. The van der Waals surface area contributed by atoms with Gasteiger partial charge in [-0.15, -0.1) is 0 Å². The zero-order chi connectivity index (χ0) is 40.6. The van der Waals surface area contributed by atoms with Crippen molar-refractivity contribution in [3.63, 3.8) is 0 Å². The van der Waals surface area contributed by atoms with E-state index in [0.717, 1.165) is 28.3 Å². The summed E-state index contributed by atoms with van der Waals surface area (Å²) >= 11 is 0. The molecule has 288 valence electrons. The molecule has 1 aromatic heterocycles. The van der Waals surface area contributed by atoms with Gasteiger partial charge < -0.3 is 9.47 Å². The van der Waals surface area contributed by atoms with E-state index in [1.807, 2.05) is 0 Å². The van der Waals surface area contributed by atoms with Crippen molar-refractivity contribution in [2.24, 2.45) is 0 Å². The van der Waals surface area contributed by atoms with E-state index >= 15 is 0 Å². The van der Waals surface area contributed by atoms with Gasteiger partial charge in [0.15, 0.2) is 0 Å². The van der Waals surface area contributed by atoms with Crippen molar-refractivity contribution in [3.05, 3.63) is 277 Å². The van der Waals surface area contributed by atoms with Gasteiger partial charge in [-0.1, -0.05) is 194 Å². The third-order valence-electron chi connectivity index (χ3n) is 12.3. The molecule has 1 heterocycles. The highest BCUT2D eigenvalue weighted by atomic mass is 15.1. The molecule has 0 unspecified atom stereocenters. The summed E-state index contributed by atoms with van der Waals surface area (Å²) in [5, 5.41) is 4.88. The number of fused-ring (bicyclic) bond motifs is 4. The summed E-state index contributed by atoms with van der Waals surface area (Å²) in [5.41, 5.74) is 13.6. The fraction of sp³-hybridized carbons (Fsp3) is 0.0169. The largest absolute Gasteiger partial charge is 0.310 e. The molecule has 0 fully saturated rings. The Labute approximate surface area is 356 Å². The van der Waals surface area contributed by atoms with E-state index in [2.05, 4.69) is 264 Å². The van der Waals surface area contributed by atoms with Crippen LogP contribution in [-0.2, 0) is 5.41 Å². The van der Waals surface area contributed by atoms with Crippen LogP contribution in [0.3, 0.4) is 0 Å². The Hall–Kier alpha value is -7.94. The molecule has 2 nitrogen and oxygen atoms in total. The Morgan fingerprint density at radius 1 is 0.311 bits per heavy atom. The predicted molar refractivity (Wildman–Crippen MR) is 257 cm³/mol. The average molecular weight is 779 g/mol. The second-order valence-corrected chi connectivity index (χ2v) is 15.7. The van der Waals surface area contributed by atoms with E-state index in [4.69, 9.17) is 0 Å². The van der Waals surface area contributed by atoms with Crippen molar-refractivity contribution < 1.29 is 0 Å². The van der Waals surface area contributed by atoms with Crippen molar-refractivity contribution >= 4 is 49.6 Å². The van der Waals surface area contributed by atoms with E-state index in [0.29, 0.717) is 0 Å². The first-order chi connectivity index (χ1) is 30.3. The Morgan fingerprint density at radius 2 is 0.820 bits per heavy atom. The first-order valence-electron chi connectivity index (χ1n) is 21.0. The molecule has 11 rings (SSSR count). The highest BCUT2D eigenvalue weighted by molar-refractivity contribution is 6.10. The van der Waals surface area contributed by atoms with Gasteiger partial charge in [0, 0.05) is 33.2 Å². The number of rotatable bonds is 9. The maximum absolute atomic E-state index is 2.42. The molecule has 0 aliphatic rings. The van der Waals surface area contributed by atoms with Crippen molar-refractivity contribution in [1.29, 1.82) is 0 Å². The second kappa shape index (κ2) is 15.3. The normalized spacial score (nSPS) is 11.6. The molecule has 0 saturated carbocycles. The minimum atomic E-state index is -0.533. The highest BCUT2D eigenvalue weighted by Gasteiger charge is 2.38. The summed E-state index contributed by atoms with van der Waals surface area (Å²) in [5.74, 6) is 0. The summed E-state index contributed by atoms with van der Waals surface area (Å²) in [7, 11) is 0. The summed E-state index contributed by atoms with van der Waals surface area (Å²) in [6, 6.07) is 92.7. The molecule has 0 aliphatic carbocycles. The average Bonchev–Trinajstić information content (AvgIpc) is 3.68. The van der Waals surface area contributed by atoms with Gasteiger partial charge in [0.2, 0.25) is 0 Å². The summed E-state index contributed by atoms with van der Waals surface area (Å²) in [6.07, 6.45) is 0. The van der Waals surface area contributed by atoms with Crippen molar-refractivity contribution in [2.45, 2.75) is 5.41 Å². The lowest BCUT2D eigenvalue weighted by Crippen LogP contribution is -2.31. The van der Waals surface area contributed by atoms with E-state index in [-0.39, 0.29) is 0 Å². The van der Waals surface area contributed by atoms with Crippen LogP contribution in [0, 0.1) is 0 Å². The molecular weight excluding hydrogens is 737 g/mol. The number of hydrogen-bond acceptors (Lipinski definition) is 1. The minimum Gasteiger partial charge on any atom is -0.310 e. The maximum Gasteiger partial charge on any atom is 0.0701 e. The highest BCUT2D eigenvalue weighted by Crippen LogP contribution is 2.47. The molecule has 0 atom stereocenters. The molecule has 0 saturated heterocycles. The lowest BCUT2D eigenvalue weighted by Gasteiger charge is -2.37. The van der Waals surface area contributed by atoms with E-state index < -0.39 is 5.41 Å². The number of nitrogens with zero attached hydrogens (tertiary/aromatic N) is 2. The third kappa shape index (κ3) is 6.20. The standard InChI is InChI=1S/C59H42N2/c1-5-22-46(23-6-1)59(47-24-7-2-8-25-47,48-26-9-3-10-27-48)49-36-38-51(39-37-49)60(56-34-18-20-43-19-13-14-31-53(43)56)52-30-17-21-44(41-52)45-35-40-58-55(42-45)54-32-15-16-33-57(54)61(58)50-28-11-4-12-29-50/h1-42H. The lowest BCUT2D eigenvalue weighted by atomic mass is 9.65. The molecule has 0 N–H and O–H groups in total. The first kappa shape index (κ1) is 36.2. The van der Waals surface area contributed by atoms with Crippen LogP contribution < -0.4 is 4.90 Å². The van der Waals surface area contributed by atoms with Gasteiger partial charge in [0.1, 0.15) is 0 Å². The smallest absolute Gasteiger partial charge is 0.0701 e. The van der Waals surface area contributed by atoms with E-state index in [9.17, 15) is 0 Å². The predicted octanol–water partition coefficient (Wildman–Crippen LogP) is 15.5. The van der Waals surface area contributed by atoms with Gasteiger partial charge in [-0.05, 0) is 99.4 Å². The van der Waals surface area contributed by atoms with Crippen LogP contribution in [-0.4, -0.2) is 4.57 Å². The quantitative estimate of drug-likeness (QED) is 0.133. The molecule has 0 amide bonds. The van der Waals surface area contributed by atoms with Gasteiger partial charge in [-0.2, -0.15) is 0 Å². The van der Waals surface area contributed by atoms with Crippen LogP contribution >= 0.6 is 0 Å².